The molecule has 2 heterocycles. The number of likely N-dealkylation sites (tertiary alicyclic amines) is 1. The van der Waals surface area contributed by atoms with Crippen molar-refractivity contribution >= 4 is 6.09 Å². The summed E-state index contributed by atoms with van der Waals surface area (Å²) in [5.41, 5.74) is 2.30. The molecule has 2 bridgehead atoms. The van der Waals surface area contributed by atoms with Crippen LogP contribution in [0, 0.1) is 5.92 Å². The first-order chi connectivity index (χ1) is 13.2. The second kappa shape index (κ2) is 6.27. The van der Waals surface area contributed by atoms with Gasteiger partial charge in [0.2, 0.25) is 0 Å². The number of carbonyl (C=O) groups excluding carboxylic acids is 1. The van der Waals surface area contributed by atoms with Crippen molar-refractivity contribution in [1.29, 1.82) is 0 Å². The fraction of sp³-hybridized carbons (Fsp3) is 0.409. The van der Waals surface area contributed by atoms with E-state index >= 15 is 0 Å². The summed E-state index contributed by atoms with van der Waals surface area (Å²) in [4.78, 5) is 14.9. The van der Waals surface area contributed by atoms with Crippen LogP contribution >= 0.6 is 0 Å². The van der Waals surface area contributed by atoms with Gasteiger partial charge in [0.05, 0.1) is 6.61 Å². The summed E-state index contributed by atoms with van der Waals surface area (Å²) in [5.74, 6) is 1.21. The molecule has 2 aliphatic heterocycles. The Morgan fingerprint density at radius 3 is 2.93 bits per heavy atom. The number of aromatic hydroxyl groups is 1. The number of piperidine rings is 1. The molecule has 1 amide bonds. The van der Waals surface area contributed by atoms with E-state index in [1.54, 1.807) is 18.2 Å². The van der Waals surface area contributed by atoms with Gasteiger partial charge in [0.25, 0.3) is 0 Å². The van der Waals surface area contributed by atoms with Crippen molar-refractivity contribution in [2.45, 2.75) is 30.7 Å². The number of phenols is 1. The largest absolute Gasteiger partial charge is 0.508 e. The summed E-state index contributed by atoms with van der Waals surface area (Å²) in [5, 5.41) is 10.1. The van der Waals surface area contributed by atoms with Crippen LogP contribution in [0.4, 0.5) is 4.79 Å². The van der Waals surface area contributed by atoms with Crippen molar-refractivity contribution < 1.29 is 19.4 Å². The number of carbonyl (C=O) groups is 1. The number of hydrogen-bond acceptors (Lipinski definition) is 4. The number of ether oxygens (including phenoxy) is 2. The standard InChI is InChI=1S/C22H23NO4/c24-16-7-6-15-12-20-18-8-11-26-14-22(18,19(15)13-16)9-10-23(20)21(25)27-17-4-2-1-3-5-17/h1-7,13,18,20,24H,8-12,14H2/t18-,20+,22-/m0/s1. The van der Waals surface area contributed by atoms with Crippen molar-refractivity contribution in [3.8, 4) is 11.5 Å². The summed E-state index contributed by atoms with van der Waals surface area (Å²) < 4.78 is 11.5. The zero-order chi connectivity index (χ0) is 18.4. The van der Waals surface area contributed by atoms with Gasteiger partial charge in [0.15, 0.2) is 0 Å². The molecule has 0 spiro atoms. The van der Waals surface area contributed by atoms with E-state index in [-0.39, 0.29) is 17.6 Å². The summed E-state index contributed by atoms with van der Waals surface area (Å²) in [6, 6.07) is 15.0. The predicted molar refractivity (Wildman–Crippen MR) is 100.0 cm³/mol. The molecule has 27 heavy (non-hydrogen) atoms. The van der Waals surface area contributed by atoms with E-state index in [0.717, 1.165) is 25.9 Å². The number of hydrogen-bond donors (Lipinski definition) is 1. The van der Waals surface area contributed by atoms with Crippen LogP contribution in [0.15, 0.2) is 48.5 Å². The molecule has 0 unspecified atom stereocenters. The highest BCUT2D eigenvalue weighted by Gasteiger charge is 2.55. The van der Waals surface area contributed by atoms with Crippen LogP contribution in [0.2, 0.25) is 0 Å². The molecule has 0 aromatic heterocycles. The Bertz CT molecular complexity index is 868. The minimum atomic E-state index is -0.270. The number of rotatable bonds is 1. The van der Waals surface area contributed by atoms with Gasteiger partial charge < -0.3 is 19.5 Å². The zero-order valence-corrected chi connectivity index (χ0v) is 15.1. The number of amides is 1. The normalized spacial score (nSPS) is 28.8. The van der Waals surface area contributed by atoms with Crippen molar-refractivity contribution in [3.63, 3.8) is 0 Å². The number of para-hydroxylation sites is 1. The van der Waals surface area contributed by atoms with E-state index in [1.807, 2.05) is 35.2 Å². The van der Waals surface area contributed by atoms with Gasteiger partial charge in [-0.2, -0.15) is 0 Å². The van der Waals surface area contributed by atoms with Crippen molar-refractivity contribution in [2.24, 2.45) is 5.92 Å². The molecular formula is C22H23NO4. The molecule has 3 aliphatic rings. The summed E-state index contributed by atoms with van der Waals surface area (Å²) in [6.07, 6.45) is 2.28. The van der Waals surface area contributed by atoms with Crippen molar-refractivity contribution in [2.75, 3.05) is 19.8 Å². The molecule has 2 aromatic carbocycles. The SMILES string of the molecule is O=C(Oc1ccccc1)N1CC[C@]23COCC[C@H]2[C@H]1Cc1ccc(O)cc13. The molecular weight excluding hydrogens is 342 g/mol. The Balaban J connectivity index is 1.49. The van der Waals surface area contributed by atoms with Gasteiger partial charge in [-0.3, -0.25) is 0 Å². The van der Waals surface area contributed by atoms with E-state index in [2.05, 4.69) is 0 Å². The Kier molecular flexibility index (Phi) is 3.86. The van der Waals surface area contributed by atoms with Crippen LogP contribution in [0.5, 0.6) is 11.5 Å². The number of nitrogens with zero attached hydrogens (tertiary/aromatic N) is 1. The first-order valence-electron chi connectivity index (χ1n) is 9.61. The molecule has 0 radical (unpaired) electrons. The van der Waals surface area contributed by atoms with Crippen LogP contribution in [-0.4, -0.2) is 41.9 Å². The lowest BCUT2D eigenvalue weighted by molar-refractivity contribution is -0.0750. The van der Waals surface area contributed by atoms with Crippen LogP contribution in [0.3, 0.4) is 0 Å². The highest BCUT2D eigenvalue weighted by Crippen LogP contribution is 2.52. The maximum atomic E-state index is 12.9. The molecule has 0 saturated carbocycles. The molecule has 2 aromatic rings. The molecule has 2 fully saturated rings. The smallest absolute Gasteiger partial charge is 0.415 e. The van der Waals surface area contributed by atoms with E-state index in [4.69, 9.17) is 9.47 Å². The third-order valence-electron chi connectivity index (χ3n) is 6.55. The molecule has 5 nitrogen and oxygen atoms in total. The summed E-state index contributed by atoms with van der Waals surface area (Å²) in [7, 11) is 0. The van der Waals surface area contributed by atoms with Gasteiger partial charge in [-0.25, -0.2) is 4.79 Å². The topological polar surface area (TPSA) is 59.0 Å². The van der Waals surface area contributed by atoms with Crippen LogP contribution in [0.25, 0.3) is 0 Å². The number of benzene rings is 2. The Morgan fingerprint density at radius 1 is 1.22 bits per heavy atom. The summed E-state index contributed by atoms with van der Waals surface area (Å²) >= 11 is 0. The molecule has 5 rings (SSSR count). The van der Waals surface area contributed by atoms with Gasteiger partial charge in [-0.05, 0) is 60.6 Å². The molecule has 1 N–H and O–H groups in total. The van der Waals surface area contributed by atoms with Crippen molar-refractivity contribution in [1.82, 2.24) is 4.90 Å². The first kappa shape index (κ1) is 16.6. The quantitative estimate of drug-likeness (QED) is 0.840. The fourth-order valence-corrected chi connectivity index (χ4v) is 5.34. The van der Waals surface area contributed by atoms with Gasteiger partial charge >= 0.3 is 6.09 Å². The second-order valence-corrected chi connectivity index (χ2v) is 7.84. The lowest BCUT2D eigenvalue weighted by atomic mass is 9.56. The predicted octanol–water partition coefficient (Wildman–Crippen LogP) is 3.50. The Hall–Kier alpha value is -2.53. The number of phenolic OH excluding ortho intramolecular Hbond substituents is 1. The molecule has 5 heteroatoms. The highest BCUT2D eigenvalue weighted by molar-refractivity contribution is 5.72. The van der Waals surface area contributed by atoms with Crippen LogP contribution in [-0.2, 0) is 16.6 Å². The lowest BCUT2D eigenvalue weighted by Crippen LogP contribution is -2.64. The van der Waals surface area contributed by atoms with Gasteiger partial charge in [-0.1, -0.05) is 24.3 Å². The number of fused-ring (bicyclic) bond motifs is 1. The molecule has 140 valence electrons. The average molecular weight is 365 g/mol. The third kappa shape index (κ3) is 2.60. The second-order valence-electron chi connectivity index (χ2n) is 7.84. The monoisotopic (exact) mass is 365 g/mol. The van der Waals surface area contributed by atoms with Gasteiger partial charge in [0.1, 0.15) is 11.5 Å². The molecule has 2 saturated heterocycles. The molecule has 1 aliphatic carbocycles. The molecule has 3 atom stereocenters. The van der Waals surface area contributed by atoms with Crippen LogP contribution < -0.4 is 4.74 Å². The van der Waals surface area contributed by atoms with E-state index in [1.165, 1.54) is 11.1 Å². The first-order valence-corrected chi connectivity index (χ1v) is 9.61. The van der Waals surface area contributed by atoms with Crippen LogP contribution in [0.1, 0.15) is 24.0 Å². The third-order valence-corrected chi connectivity index (χ3v) is 6.55. The maximum Gasteiger partial charge on any atom is 0.415 e. The minimum Gasteiger partial charge on any atom is -0.508 e. The van der Waals surface area contributed by atoms with E-state index in [0.29, 0.717) is 30.6 Å². The van der Waals surface area contributed by atoms with Gasteiger partial charge in [0, 0.05) is 24.6 Å². The highest BCUT2D eigenvalue weighted by atomic mass is 16.6. The Labute approximate surface area is 158 Å². The minimum absolute atomic E-state index is 0.107. The Morgan fingerprint density at radius 2 is 2.07 bits per heavy atom. The lowest BCUT2D eigenvalue weighted by Gasteiger charge is -2.58. The summed E-state index contributed by atoms with van der Waals surface area (Å²) in [6.45, 7) is 2.02. The van der Waals surface area contributed by atoms with Crippen molar-refractivity contribution in [3.05, 3.63) is 59.7 Å². The van der Waals surface area contributed by atoms with E-state index in [9.17, 15) is 9.90 Å². The average Bonchev–Trinajstić information content (AvgIpc) is 2.69. The zero-order valence-electron chi connectivity index (χ0n) is 15.1. The van der Waals surface area contributed by atoms with E-state index < -0.39 is 0 Å². The van der Waals surface area contributed by atoms with Gasteiger partial charge in [-0.15, -0.1) is 0 Å². The maximum absolute atomic E-state index is 12.9. The fourth-order valence-electron chi connectivity index (χ4n) is 5.34.